The number of rotatable bonds is 7. The molecule has 0 saturated carbocycles. The number of aliphatic carboxylic acids is 1. The maximum absolute atomic E-state index is 12.0. The van der Waals surface area contributed by atoms with Gasteiger partial charge >= 0.3 is 5.97 Å². The first-order chi connectivity index (χ1) is 9.45. The summed E-state index contributed by atoms with van der Waals surface area (Å²) in [6.07, 6.45) is 1.51. The Morgan fingerprint density at radius 1 is 1.55 bits per heavy atom. The minimum atomic E-state index is -1.14. The van der Waals surface area contributed by atoms with Crippen LogP contribution in [-0.2, 0) is 9.53 Å². The number of nitrogens with one attached hydrogen (secondary N) is 1. The van der Waals surface area contributed by atoms with E-state index in [2.05, 4.69) is 27.8 Å². The molecule has 2 N–H and O–H groups in total. The minimum absolute atomic E-state index is 0.111. The molecule has 1 aromatic carbocycles. The van der Waals surface area contributed by atoms with Gasteiger partial charge in [-0.25, -0.2) is 4.79 Å². The number of carboxylic acids is 1. The van der Waals surface area contributed by atoms with E-state index in [-0.39, 0.29) is 13.2 Å². The molecule has 1 aromatic rings. The molecule has 0 aliphatic rings. The first-order valence-electron chi connectivity index (χ1n) is 5.94. The monoisotopic (exact) mass is 341 g/mol. The molecular weight excluding hydrogens is 326 g/mol. The van der Waals surface area contributed by atoms with Crippen molar-refractivity contribution in [3.8, 4) is 0 Å². The fourth-order valence-electron chi connectivity index (χ4n) is 1.42. The Labute approximate surface area is 125 Å². The molecule has 1 unspecified atom stereocenters. The summed E-state index contributed by atoms with van der Waals surface area (Å²) in [7, 11) is 0. The summed E-state index contributed by atoms with van der Waals surface area (Å²) in [4.78, 5) is 23.0. The predicted molar refractivity (Wildman–Crippen MR) is 78.8 cm³/mol. The third-order valence-corrected chi connectivity index (χ3v) is 3.41. The van der Waals surface area contributed by atoms with E-state index in [1.165, 1.54) is 6.08 Å². The summed E-state index contributed by atoms with van der Waals surface area (Å²) in [5.74, 6) is -1.60. The lowest BCUT2D eigenvalue weighted by molar-refractivity contribution is -0.140. The molecule has 1 rings (SSSR count). The van der Waals surface area contributed by atoms with Crippen molar-refractivity contribution in [2.45, 2.75) is 13.0 Å². The SMILES string of the molecule is C=CCOCC(NC(=O)c1ccc(C)c(Br)c1)C(=O)O. The predicted octanol–water partition coefficient (Wildman–Crippen LogP) is 2.14. The number of benzene rings is 1. The van der Waals surface area contributed by atoms with Crippen molar-refractivity contribution in [1.82, 2.24) is 5.32 Å². The van der Waals surface area contributed by atoms with Gasteiger partial charge < -0.3 is 15.2 Å². The lowest BCUT2D eigenvalue weighted by Crippen LogP contribution is -2.44. The highest BCUT2D eigenvalue weighted by Crippen LogP contribution is 2.17. The molecule has 6 heteroatoms. The number of carboxylic acid groups (broad SMARTS) is 1. The molecule has 0 fully saturated rings. The fraction of sp³-hybridized carbons (Fsp3) is 0.286. The third-order valence-electron chi connectivity index (χ3n) is 2.56. The van der Waals surface area contributed by atoms with Crippen LogP contribution in [0.4, 0.5) is 0 Å². The number of ether oxygens (including phenoxy) is 1. The van der Waals surface area contributed by atoms with Crippen molar-refractivity contribution in [3.05, 3.63) is 46.5 Å². The number of hydrogen-bond acceptors (Lipinski definition) is 3. The van der Waals surface area contributed by atoms with E-state index < -0.39 is 17.9 Å². The minimum Gasteiger partial charge on any atom is -0.480 e. The van der Waals surface area contributed by atoms with E-state index >= 15 is 0 Å². The van der Waals surface area contributed by atoms with Gasteiger partial charge in [0.15, 0.2) is 6.04 Å². The average molecular weight is 342 g/mol. The molecule has 0 saturated heterocycles. The van der Waals surface area contributed by atoms with Crippen molar-refractivity contribution in [3.63, 3.8) is 0 Å². The first-order valence-corrected chi connectivity index (χ1v) is 6.73. The van der Waals surface area contributed by atoms with Gasteiger partial charge in [-0.3, -0.25) is 4.79 Å². The number of halogens is 1. The van der Waals surface area contributed by atoms with Gasteiger partial charge in [-0.15, -0.1) is 6.58 Å². The second kappa shape index (κ2) is 7.81. The van der Waals surface area contributed by atoms with Gasteiger partial charge in [-0.1, -0.05) is 28.1 Å². The molecule has 0 aliphatic carbocycles. The third kappa shape index (κ3) is 4.79. The summed E-state index contributed by atoms with van der Waals surface area (Å²) < 4.78 is 5.85. The van der Waals surface area contributed by atoms with Gasteiger partial charge in [-0.05, 0) is 24.6 Å². The number of hydrogen-bond donors (Lipinski definition) is 2. The Kier molecular flexibility index (Phi) is 6.41. The molecule has 0 aliphatic heterocycles. The van der Waals surface area contributed by atoms with Gasteiger partial charge in [0.1, 0.15) is 0 Å². The summed E-state index contributed by atoms with van der Waals surface area (Å²) in [5, 5.41) is 11.5. The van der Waals surface area contributed by atoms with Crippen LogP contribution in [0.5, 0.6) is 0 Å². The lowest BCUT2D eigenvalue weighted by atomic mass is 10.1. The van der Waals surface area contributed by atoms with E-state index in [1.54, 1.807) is 18.2 Å². The van der Waals surface area contributed by atoms with E-state index in [4.69, 9.17) is 9.84 Å². The Morgan fingerprint density at radius 2 is 2.25 bits per heavy atom. The van der Waals surface area contributed by atoms with Crippen LogP contribution in [0.25, 0.3) is 0 Å². The Hall–Kier alpha value is -1.66. The molecular formula is C14H16BrNO4. The maximum Gasteiger partial charge on any atom is 0.328 e. The summed E-state index contributed by atoms with van der Waals surface area (Å²) >= 11 is 3.33. The van der Waals surface area contributed by atoms with Crippen molar-refractivity contribution >= 4 is 27.8 Å². The van der Waals surface area contributed by atoms with Crippen LogP contribution in [0.15, 0.2) is 35.3 Å². The Balaban J connectivity index is 2.72. The molecule has 0 radical (unpaired) electrons. The van der Waals surface area contributed by atoms with Gasteiger partial charge in [0.25, 0.3) is 5.91 Å². The summed E-state index contributed by atoms with van der Waals surface area (Å²) in [6.45, 7) is 5.48. The van der Waals surface area contributed by atoms with E-state index in [1.807, 2.05) is 6.92 Å². The molecule has 1 amide bonds. The standard InChI is InChI=1S/C14H16BrNO4/c1-3-6-20-8-12(14(18)19)16-13(17)10-5-4-9(2)11(15)7-10/h3-5,7,12H,1,6,8H2,2H3,(H,16,17)(H,18,19). The highest BCUT2D eigenvalue weighted by molar-refractivity contribution is 9.10. The van der Waals surface area contributed by atoms with Gasteiger partial charge in [0.05, 0.1) is 13.2 Å². The maximum atomic E-state index is 12.0. The first kappa shape index (κ1) is 16.4. The van der Waals surface area contributed by atoms with Crippen LogP contribution >= 0.6 is 15.9 Å². The Morgan fingerprint density at radius 3 is 2.80 bits per heavy atom. The molecule has 0 aromatic heterocycles. The van der Waals surface area contributed by atoms with E-state index in [0.29, 0.717) is 5.56 Å². The number of amides is 1. The van der Waals surface area contributed by atoms with Crippen LogP contribution in [0.3, 0.4) is 0 Å². The fourth-order valence-corrected chi connectivity index (χ4v) is 1.80. The van der Waals surface area contributed by atoms with E-state index in [0.717, 1.165) is 10.0 Å². The summed E-state index contributed by atoms with van der Waals surface area (Å²) in [6, 6.07) is 3.97. The van der Waals surface area contributed by atoms with Gasteiger partial charge in [0, 0.05) is 10.0 Å². The zero-order valence-electron chi connectivity index (χ0n) is 11.1. The second-order valence-electron chi connectivity index (χ2n) is 4.15. The van der Waals surface area contributed by atoms with Gasteiger partial charge in [0.2, 0.25) is 0 Å². The second-order valence-corrected chi connectivity index (χ2v) is 5.01. The Bertz CT molecular complexity index is 516. The average Bonchev–Trinajstić information content (AvgIpc) is 2.40. The van der Waals surface area contributed by atoms with Crippen molar-refractivity contribution in [2.75, 3.05) is 13.2 Å². The molecule has 0 bridgehead atoms. The van der Waals surface area contributed by atoms with Crippen molar-refractivity contribution in [2.24, 2.45) is 0 Å². The highest BCUT2D eigenvalue weighted by Gasteiger charge is 2.21. The molecule has 0 heterocycles. The van der Waals surface area contributed by atoms with Crippen LogP contribution in [-0.4, -0.2) is 36.2 Å². The molecule has 0 spiro atoms. The largest absolute Gasteiger partial charge is 0.480 e. The van der Waals surface area contributed by atoms with Crippen LogP contribution < -0.4 is 5.32 Å². The van der Waals surface area contributed by atoms with Gasteiger partial charge in [-0.2, -0.15) is 0 Å². The number of carbonyl (C=O) groups is 2. The molecule has 20 heavy (non-hydrogen) atoms. The zero-order chi connectivity index (χ0) is 15.1. The smallest absolute Gasteiger partial charge is 0.328 e. The van der Waals surface area contributed by atoms with Crippen LogP contribution in [0, 0.1) is 6.92 Å². The zero-order valence-corrected chi connectivity index (χ0v) is 12.6. The summed E-state index contributed by atoms with van der Waals surface area (Å²) in [5.41, 5.74) is 1.38. The van der Waals surface area contributed by atoms with E-state index in [9.17, 15) is 9.59 Å². The number of aryl methyl sites for hydroxylation is 1. The van der Waals surface area contributed by atoms with Crippen LogP contribution in [0.1, 0.15) is 15.9 Å². The molecule has 108 valence electrons. The topological polar surface area (TPSA) is 75.6 Å². The number of carbonyl (C=O) groups excluding carboxylic acids is 1. The van der Waals surface area contributed by atoms with Crippen LogP contribution in [0.2, 0.25) is 0 Å². The highest BCUT2D eigenvalue weighted by atomic mass is 79.9. The normalized spacial score (nSPS) is 11.7. The quantitative estimate of drug-likeness (QED) is 0.588. The lowest BCUT2D eigenvalue weighted by Gasteiger charge is -2.14. The molecule has 5 nitrogen and oxygen atoms in total. The van der Waals surface area contributed by atoms with Crippen molar-refractivity contribution in [1.29, 1.82) is 0 Å². The van der Waals surface area contributed by atoms with Crippen molar-refractivity contribution < 1.29 is 19.4 Å². The molecule has 1 atom stereocenters.